The van der Waals surface area contributed by atoms with E-state index in [-0.39, 0.29) is 23.8 Å². The lowest BCUT2D eigenvalue weighted by molar-refractivity contribution is -0.274. The molecule has 6 nitrogen and oxygen atoms in total. The number of hydrogen-bond donors (Lipinski definition) is 0. The molecule has 4 rings (SSSR count). The highest BCUT2D eigenvalue weighted by Gasteiger charge is 2.31. The van der Waals surface area contributed by atoms with Crippen molar-refractivity contribution in [3.8, 4) is 34.1 Å². The van der Waals surface area contributed by atoms with Crippen LogP contribution in [-0.2, 0) is 4.74 Å². The van der Waals surface area contributed by atoms with Crippen molar-refractivity contribution in [2.24, 2.45) is 0 Å². The largest absolute Gasteiger partial charge is 0.573 e. The Bertz CT molecular complexity index is 1390. The number of hydrogen-bond acceptors (Lipinski definition) is 6. The highest BCUT2D eigenvalue weighted by Crippen LogP contribution is 2.33. The van der Waals surface area contributed by atoms with Crippen LogP contribution in [0.15, 0.2) is 66.7 Å². The monoisotopic (exact) mass is 501 g/mol. The van der Waals surface area contributed by atoms with Gasteiger partial charge in [0.1, 0.15) is 17.2 Å². The lowest BCUT2D eigenvalue weighted by atomic mass is 10.0. The molecule has 4 aromatic rings. The van der Waals surface area contributed by atoms with Gasteiger partial charge >= 0.3 is 12.3 Å². The van der Waals surface area contributed by atoms with Crippen LogP contribution < -0.4 is 14.2 Å². The molecule has 0 fully saturated rings. The van der Waals surface area contributed by atoms with E-state index in [0.29, 0.717) is 33.5 Å². The van der Waals surface area contributed by atoms with E-state index >= 15 is 0 Å². The summed E-state index contributed by atoms with van der Waals surface area (Å²) in [6.45, 7) is 1.81. The predicted molar refractivity (Wildman–Crippen MR) is 123 cm³/mol. The molecular weight excluding hydrogens is 482 g/mol. The summed E-state index contributed by atoms with van der Waals surface area (Å²) < 4.78 is 70.9. The molecule has 0 N–H and O–H groups in total. The SMILES string of the molecule is CCOC(=O)c1nc2cc(OC)c(F)cc2cc1-c1ccc(Oc2ccc(OC(F)(F)F)cc2)cc1. The van der Waals surface area contributed by atoms with Gasteiger partial charge in [-0.3, -0.25) is 0 Å². The van der Waals surface area contributed by atoms with Gasteiger partial charge in [-0.05, 0) is 61.0 Å². The van der Waals surface area contributed by atoms with Crippen molar-refractivity contribution in [1.29, 1.82) is 0 Å². The van der Waals surface area contributed by atoms with Crippen molar-refractivity contribution >= 4 is 16.9 Å². The fourth-order valence-electron chi connectivity index (χ4n) is 3.45. The average Bonchev–Trinajstić information content (AvgIpc) is 2.84. The van der Waals surface area contributed by atoms with Gasteiger partial charge in [0.25, 0.3) is 0 Å². The summed E-state index contributed by atoms with van der Waals surface area (Å²) in [6.07, 6.45) is -4.78. The number of nitrogens with zero attached hydrogens (tertiary/aromatic N) is 1. The van der Waals surface area contributed by atoms with E-state index in [1.54, 1.807) is 37.3 Å². The Morgan fingerprint density at radius 1 is 0.917 bits per heavy atom. The molecule has 0 bridgehead atoms. The number of ether oxygens (including phenoxy) is 4. The zero-order valence-electron chi connectivity index (χ0n) is 19.1. The van der Waals surface area contributed by atoms with E-state index in [1.165, 1.54) is 31.4 Å². The van der Waals surface area contributed by atoms with Gasteiger partial charge in [-0.25, -0.2) is 14.2 Å². The first-order chi connectivity index (χ1) is 17.2. The van der Waals surface area contributed by atoms with Crippen LogP contribution in [-0.4, -0.2) is 31.0 Å². The third-order valence-corrected chi connectivity index (χ3v) is 5.02. The molecule has 0 unspecified atom stereocenters. The van der Waals surface area contributed by atoms with E-state index in [0.717, 1.165) is 12.1 Å². The van der Waals surface area contributed by atoms with Crippen molar-refractivity contribution in [3.05, 3.63) is 78.2 Å². The first-order valence-electron chi connectivity index (χ1n) is 10.7. The Morgan fingerprint density at radius 2 is 1.53 bits per heavy atom. The molecular formula is C26H19F4NO5. The Kier molecular flexibility index (Phi) is 6.96. The van der Waals surface area contributed by atoms with Gasteiger partial charge in [0.2, 0.25) is 0 Å². The maximum absolute atomic E-state index is 14.3. The third kappa shape index (κ3) is 5.65. The van der Waals surface area contributed by atoms with Gasteiger partial charge in [0.15, 0.2) is 17.3 Å². The molecule has 3 aromatic carbocycles. The van der Waals surface area contributed by atoms with Gasteiger partial charge < -0.3 is 18.9 Å². The number of fused-ring (bicyclic) bond motifs is 1. The fraction of sp³-hybridized carbons (Fsp3) is 0.154. The van der Waals surface area contributed by atoms with Gasteiger partial charge in [-0.15, -0.1) is 13.2 Å². The summed E-state index contributed by atoms with van der Waals surface area (Å²) in [7, 11) is 1.33. The van der Waals surface area contributed by atoms with Crippen LogP contribution in [0, 0.1) is 5.82 Å². The van der Waals surface area contributed by atoms with E-state index < -0.39 is 18.1 Å². The molecule has 36 heavy (non-hydrogen) atoms. The topological polar surface area (TPSA) is 66.9 Å². The second-order valence-electron chi connectivity index (χ2n) is 7.43. The van der Waals surface area contributed by atoms with Gasteiger partial charge in [-0.2, -0.15) is 0 Å². The molecule has 1 aromatic heterocycles. The van der Waals surface area contributed by atoms with Crippen LogP contribution in [0.1, 0.15) is 17.4 Å². The minimum absolute atomic E-state index is 0.00272. The number of aromatic nitrogens is 1. The van der Waals surface area contributed by atoms with E-state index in [9.17, 15) is 22.4 Å². The zero-order chi connectivity index (χ0) is 25.9. The molecule has 0 amide bonds. The molecule has 0 saturated carbocycles. The van der Waals surface area contributed by atoms with Crippen molar-refractivity contribution in [2.45, 2.75) is 13.3 Å². The van der Waals surface area contributed by atoms with Crippen LogP contribution in [0.25, 0.3) is 22.0 Å². The molecule has 0 saturated heterocycles. The summed E-state index contributed by atoms with van der Waals surface area (Å²) in [4.78, 5) is 17.0. The third-order valence-electron chi connectivity index (χ3n) is 5.02. The quantitative estimate of drug-likeness (QED) is 0.202. The number of methoxy groups -OCH3 is 1. The Hall–Kier alpha value is -4.34. The van der Waals surface area contributed by atoms with Crippen molar-refractivity contribution in [2.75, 3.05) is 13.7 Å². The predicted octanol–water partition coefficient (Wildman–Crippen LogP) is 6.92. The molecule has 0 radical (unpaired) electrons. The number of carbonyl (C=O) groups excluding carboxylic acids is 1. The first-order valence-corrected chi connectivity index (χ1v) is 10.7. The number of carbonyl (C=O) groups is 1. The molecule has 10 heteroatoms. The molecule has 0 aliphatic rings. The number of pyridine rings is 1. The number of esters is 1. The van der Waals surface area contributed by atoms with Crippen LogP contribution in [0.3, 0.4) is 0 Å². The number of rotatable bonds is 7. The summed E-state index contributed by atoms with van der Waals surface area (Å²) in [5.41, 5.74) is 1.42. The summed E-state index contributed by atoms with van der Waals surface area (Å²) in [6, 6.07) is 15.8. The smallest absolute Gasteiger partial charge is 0.494 e. The molecule has 0 spiro atoms. The van der Waals surface area contributed by atoms with E-state index in [1.807, 2.05) is 0 Å². The highest BCUT2D eigenvalue weighted by molar-refractivity contribution is 5.99. The molecule has 0 aliphatic heterocycles. The lowest BCUT2D eigenvalue weighted by Crippen LogP contribution is -2.16. The normalized spacial score (nSPS) is 11.3. The van der Waals surface area contributed by atoms with E-state index in [4.69, 9.17) is 14.2 Å². The van der Waals surface area contributed by atoms with Gasteiger partial charge in [0, 0.05) is 17.0 Å². The standard InChI is InChI=1S/C26H19F4NO5/c1-3-34-25(32)24-20(12-16-13-21(27)23(33-2)14-22(16)31-24)15-4-6-17(7-5-15)35-18-8-10-19(11-9-18)36-26(28,29)30/h4-14H,3H2,1-2H3. The Balaban J connectivity index is 1.64. The van der Waals surface area contributed by atoms with Crippen LogP contribution >= 0.6 is 0 Å². The molecule has 186 valence electrons. The minimum atomic E-state index is -4.78. The summed E-state index contributed by atoms with van der Waals surface area (Å²) in [5.74, 6) is -0.894. The molecule has 0 aliphatic carbocycles. The van der Waals surface area contributed by atoms with Crippen molar-refractivity contribution in [1.82, 2.24) is 4.98 Å². The minimum Gasteiger partial charge on any atom is -0.494 e. The maximum Gasteiger partial charge on any atom is 0.573 e. The summed E-state index contributed by atoms with van der Waals surface area (Å²) >= 11 is 0. The zero-order valence-corrected chi connectivity index (χ0v) is 19.1. The average molecular weight is 501 g/mol. The second-order valence-corrected chi connectivity index (χ2v) is 7.43. The summed E-state index contributed by atoms with van der Waals surface area (Å²) in [5, 5.41) is 0.456. The highest BCUT2D eigenvalue weighted by atomic mass is 19.4. The van der Waals surface area contributed by atoms with Crippen molar-refractivity contribution in [3.63, 3.8) is 0 Å². The Morgan fingerprint density at radius 3 is 2.11 bits per heavy atom. The number of benzene rings is 3. The van der Waals surface area contributed by atoms with Crippen LogP contribution in [0.4, 0.5) is 17.6 Å². The van der Waals surface area contributed by atoms with Crippen LogP contribution in [0.5, 0.6) is 23.0 Å². The Labute approximate surface area is 203 Å². The first kappa shape index (κ1) is 24.8. The van der Waals surface area contributed by atoms with Crippen molar-refractivity contribution < 1.29 is 41.3 Å². The fourth-order valence-corrected chi connectivity index (χ4v) is 3.45. The van der Waals surface area contributed by atoms with Gasteiger partial charge in [0.05, 0.1) is 19.2 Å². The maximum atomic E-state index is 14.3. The molecule has 0 atom stereocenters. The lowest BCUT2D eigenvalue weighted by Gasteiger charge is -2.13. The second kappa shape index (κ2) is 10.1. The molecule has 1 heterocycles. The van der Waals surface area contributed by atoms with E-state index in [2.05, 4.69) is 9.72 Å². The van der Waals surface area contributed by atoms with Crippen LogP contribution in [0.2, 0.25) is 0 Å². The number of alkyl halides is 3. The van der Waals surface area contributed by atoms with Gasteiger partial charge in [-0.1, -0.05) is 12.1 Å². The number of halogens is 4.